The molecule has 0 aliphatic rings. The molecule has 0 aliphatic carbocycles. The van der Waals surface area contributed by atoms with Gasteiger partial charge in [-0.05, 0) is 50.3 Å². The first-order valence-electron chi connectivity index (χ1n) is 7.07. The van der Waals surface area contributed by atoms with E-state index in [4.69, 9.17) is 0 Å². The van der Waals surface area contributed by atoms with Gasteiger partial charge in [0.25, 0.3) is 5.56 Å². The zero-order valence-corrected chi connectivity index (χ0v) is 12.6. The zero-order valence-electron chi connectivity index (χ0n) is 12.6. The largest absolute Gasteiger partial charge is 0.281 e. The van der Waals surface area contributed by atoms with Gasteiger partial charge < -0.3 is 0 Å². The third-order valence-corrected chi connectivity index (χ3v) is 3.58. The molecule has 2 rings (SSSR count). The molecule has 0 fully saturated rings. The van der Waals surface area contributed by atoms with Gasteiger partial charge in [-0.3, -0.25) is 9.36 Å². The van der Waals surface area contributed by atoms with Gasteiger partial charge in [0.05, 0.1) is 5.39 Å². The monoisotopic (exact) mass is 267 g/mol. The van der Waals surface area contributed by atoms with Crippen LogP contribution in [0, 0.1) is 6.92 Å². The molecule has 0 atom stereocenters. The fourth-order valence-electron chi connectivity index (χ4n) is 2.60. The molecule has 2 heteroatoms. The summed E-state index contributed by atoms with van der Waals surface area (Å²) in [4.78, 5) is 12.9. The average Bonchev–Trinajstić information content (AvgIpc) is 2.45. The van der Waals surface area contributed by atoms with Crippen LogP contribution in [-0.2, 0) is 6.42 Å². The highest BCUT2D eigenvalue weighted by atomic mass is 16.1. The van der Waals surface area contributed by atoms with Crippen LogP contribution in [0.25, 0.3) is 16.5 Å². The molecule has 0 saturated carbocycles. The van der Waals surface area contributed by atoms with Gasteiger partial charge in [0.15, 0.2) is 0 Å². The third-order valence-electron chi connectivity index (χ3n) is 3.58. The molecule has 0 unspecified atom stereocenters. The van der Waals surface area contributed by atoms with Crippen LogP contribution in [0.1, 0.15) is 32.0 Å². The highest BCUT2D eigenvalue weighted by Gasteiger charge is 2.11. The van der Waals surface area contributed by atoms with Crippen molar-refractivity contribution in [2.75, 3.05) is 0 Å². The van der Waals surface area contributed by atoms with Gasteiger partial charge in [0.1, 0.15) is 0 Å². The van der Waals surface area contributed by atoms with E-state index >= 15 is 0 Å². The Kier molecular flexibility index (Phi) is 4.23. The first kappa shape index (κ1) is 14.3. The lowest BCUT2D eigenvalue weighted by atomic mass is 10.1. The minimum atomic E-state index is 0.0728. The quantitative estimate of drug-likeness (QED) is 0.760. The molecule has 0 amide bonds. The number of hydrogen-bond donors (Lipinski definition) is 0. The van der Waals surface area contributed by atoms with Crippen molar-refractivity contribution in [1.29, 1.82) is 0 Å². The molecule has 1 aromatic heterocycles. The summed E-state index contributed by atoms with van der Waals surface area (Å²) in [5.74, 6) is 0. The van der Waals surface area contributed by atoms with Crippen LogP contribution >= 0.6 is 0 Å². The summed E-state index contributed by atoms with van der Waals surface area (Å²) >= 11 is 0. The van der Waals surface area contributed by atoms with Gasteiger partial charge in [-0.2, -0.15) is 0 Å². The normalized spacial score (nSPS) is 12.5. The summed E-state index contributed by atoms with van der Waals surface area (Å²) in [6.07, 6.45) is 6.74. The Hall–Kier alpha value is -2.09. The van der Waals surface area contributed by atoms with E-state index in [1.807, 2.05) is 61.8 Å². The molecule has 0 bridgehead atoms. The predicted molar refractivity (Wildman–Crippen MR) is 87.1 cm³/mol. The minimum Gasteiger partial charge on any atom is -0.281 e. The Morgan fingerprint density at radius 3 is 2.65 bits per heavy atom. The van der Waals surface area contributed by atoms with E-state index in [0.717, 1.165) is 34.1 Å². The summed E-state index contributed by atoms with van der Waals surface area (Å²) in [6, 6.07) is 8.13. The van der Waals surface area contributed by atoms with Gasteiger partial charge in [-0.15, -0.1) is 0 Å². The van der Waals surface area contributed by atoms with E-state index in [-0.39, 0.29) is 5.56 Å². The number of fused-ring (bicyclic) bond motifs is 1. The van der Waals surface area contributed by atoms with E-state index in [1.54, 1.807) is 0 Å². The standard InChI is InChI=1S/C18H21NO/c1-5-9-15(6-2)19-16(7-3)12-14-11-8-10-13(4)17(14)18(19)20/h5-6,8-12H,7H2,1-4H3/b9-5-,15-6+. The lowest BCUT2D eigenvalue weighted by molar-refractivity contribution is 0.909. The maximum absolute atomic E-state index is 12.9. The SMILES string of the molecule is C/C=C\C(=C/C)n1c(CC)cc2cccc(C)c2c1=O. The smallest absolute Gasteiger partial charge is 0.263 e. The van der Waals surface area contributed by atoms with Gasteiger partial charge >= 0.3 is 0 Å². The van der Waals surface area contributed by atoms with Crippen LogP contribution in [0.3, 0.4) is 0 Å². The van der Waals surface area contributed by atoms with Crippen molar-refractivity contribution < 1.29 is 0 Å². The van der Waals surface area contributed by atoms with Crippen molar-refractivity contribution in [3.63, 3.8) is 0 Å². The molecular weight excluding hydrogens is 246 g/mol. The van der Waals surface area contributed by atoms with Crippen LogP contribution in [-0.4, -0.2) is 4.57 Å². The van der Waals surface area contributed by atoms with Crippen molar-refractivity contribution in [3.05, 3.63) is 64.1 Å². The number of benzene rings is 1. The Balaban J connectivity index is 2.93. The van der Waals surface area contributed by atoms with Gasteiger partial charge in [0, 0.05) is 11.4 Å². The third kappa shape index (κ3) is 2.34. The average molecular weight is 267 g/mol. The van der Waals surface area contributed by atoms with Crippen molar-refractivity contribution in [2.24, 2.45) is 0 Å². The van der Waals surface area contributed by atoms with Crippen LogP contribution < -0.4 is 5.56 Å². The molecular formula is C18H21NO. The summed E-state index contributed by atoms with van der Waals surface area (Å²) < 4.78 is 1.83. The number of nitrogens with zero attached hydrogens (tertiary/aromatic N) is 1. The van der Waals surface area contributed by atoms with Crippen LogP contribution in [0.2, 0.25) is 0 Å². The Bertz CT molecular complexity index is 748. The number of aryl methyl sites for hydroxylation is 2. The van der Waals surface area contributed by atoms with Crippen LogP contribution in [0.5, 0.6) is 0 Å². The number of allylic oxidation sites excluding steroid dienone is 4. The van der Waals surface area contributed by atoms with Crippen molar-refractivity contribution in [3.8, 4) is 0 Å². The molecule has 2 nitrogen and oxygen atoms in total. The molecule has 104 valence electrons. The first-order valence-corrected chi connectivity index (χ1v) is 7.07. The van der Waals surface area contributed by atoms with Gasteiger partial charge in [-0.25, -0.2) is 0 Å². The molecule has 0 saturated heterocycles. The second-order valence-electron chi connectivity index (χ2n) is 4.88. The highest BCUT2D eigenvalue weighted by molar-refractivity contribution is 5.86. The van der Waals surface area contributed by atoms with Crippen LogP contribution in [0.4, 0.5) is 0 Å². The fourth-order valence-corrected chi connectivity index (χ4v) is 2.60. The number of aromatic nitrogens is 1. The van der Waals surface area contributed by atoms with Crippen molar-refractivity contribution >= 4 is 16.5 Å². The molecule has 20 heavy (non-hydrogen) atoms. The summed E-state index contributed by atoms with van der Waals surface area (Å²) in [5, 5.41) is 1.84. The maximum Gasteiger partial charge on any atom is 0.263 e. The van der Waals surface area contributed by atoms with E-state index in [9.17, 15) is 4.79 Å². The summed E-state index contributed by atoms with van der Waals surface area (Å²) in [6.45, 7) is 8.00. The molecule has 2 aromatic rings. The maximum atomic E-state index is 12.9. The lowest BCUT2D eigenvalue weighted by Crippen LogP contribution is -2.23. The van der Waals surface area contributed by atoms with E-state index < -0.39 is 0 Å². The molecule has 0 N–H and O–H groups in total. The van der Waals surface area contributed by atoms with E-state index in [2.05, 4.69) is 13.0 Å². The summed E-state index contributed by atoms with van der Waals surface area (Å²) in [7, 11) is 0. The highest BCUT2D eigenvalue weighted by Crippen LogP contribution is 2.19. The number of hydrogen-bond acceptors (Lipinski definition) is 1. The zero-order chi connectivity index (χ0) is 14.7. The Labute approximate surface area is 120 Å². The first-order chi connectivity index (χ1) is 9.63. The van der Waals surface area contributed by atoms with E-state index in [0.29, 0.717) is 0 Å². The minimum absolute atomic E-state index is 0.0728. The molecule has 1 heterocycles. The second kappa shape index (κ2) is 5.91. The number of rotatable bonds is 3. The molecule has 0 spiro atoms. The summed E-state index contributed by atoms with van der Waals surface area (Å²) in [5.41, 5.74) is 3.07. The Morgan fingerprint density at radius 1 is 1.30 bits per heavy atom. The topological polar surface area (TPSA) is 22.0 Å². The fraction of sp³-hybridized carbons (Fsp3) is 0.278. The van der Waals surface area contributed by atoms with Crippen molar-refractivity contribution in [1.82, 2.24) is 4.57 Å². The van der Waals surface area contributed by atoms with Gasteiger partial charge in [0.2, 0.25) is 0 Å². The van der Waals surface area contributed by atoms with Crippen LogP contribution in [0.15, 0.2) is 47.3 Å². The van der Waals surface area contributed by atoms with E-state index in [1.165, 1.54) is 0 Å². The van der Waals surface area contributed by atoms with Crippen molar-refractivity contribution in [2.45, 2.75) is 34.1 Å². The van der Waals surface area contributed by atoms with Gasteiger partial charge in [-0.1, -0.05) is 37.3 Å². The second-order valence-corrected chi connectivity index (χ2v) is 4.88. The molecule has 0 aliphatic heterocycles. The number of pyridine rings is 1. The predicted octanol–water partition coefficient (Wildman–Crippen LogP) is 4.31. The molecule has 1 aromatic carbocycles. The molecule has 0 radical (unpaired) electrons. The lowest BCUT2D eigenvalue weighted by Gasteiger charge is -2.15. The Morgan fingerprint density at radius 2 is 2.05 bits per heavy atom.